The Hall–Kier alpha value is -2.22. The van der Waals surface area contributed by atoms with Gasteiger partial charge in [0.25, 0.3) is 5.91 Å². The summed E-state index contributed by atoms with van der Waals surface area (Å²) in [6.07, 6.45) is 5.51. The molecule has 24 heavy (non-hydrogen) atoms. The van der Waals surface area contributed by atoms with Gasteiger partial charge in [-0.15, -0.1) is 0 Å². The highest BCUT2D eigenvalue weighted by molar-refractivity contribution is 5.93. The van der Waals surface area contributed by atoms with E-state index in [0.29, 0.717) is 29.7 Å². The predicted molar refractivity (Wildman–Crippen MR) is 87.2 cm³/mol. The Morgan fingerprint density at radius 3 is 2.75 bits per heavy atom. The lowest BCUT2D eigenvalue weighted by molar-refractivity contribution is 0.0733. The third kappa shape index (κ3) is 4.00. The van der Waals surface area contributed by atoms with Crippen molar-refractivity contribution in [1.29, 1.82) is 0 Å². The number of likely N-dealkylation sites (tertiary alicyclic amines) is 1. The van der Waals surface area contributed by atoms with Crippen LogP contribution in [-0.2, 0) is 13.6 Å². The number of hydrogen-bond donors (Lipinski definition) is 0. The zero-order valence-electron chi connectivity index (χ0n) is 14.5. The Morgan fingerprint density at radius 1 is 1.42 bits per heavy atom. The summed E-state index contributed by atoms with van der Waals surface area (Å²) < 4.78 is 6.83. The Kier molecular flexibility index (Phi) is 4.94. The van der Waals surface area contributed by atoms with Gasteiger partial charge in [0.05, 0.1) is 18.3 Å². The van der Waals surface area contributed by atoms with Crippen molar-refractivity contribution in [3.05, 3.63) is 29.7 Å². The summed E-state index contributed by atoms with van der Waals surface area (Å²) >= 11 is 0. The van der Waals surface area contributed by atoms with Gasteiger partial charge in [-0.3, -0.25) is 14.4 Å². The molecule has 0 unspecified atom stereocenters. The van der Waals surface area contributed by atoms with Gasteiger partial charge in [-0.05, 0) is 38.8 Å². The lowest BCUT2D eigenvalue weighted by atomic mass is 9.96. The van der Waals surface area contributed by atoms with Crippen LogP contribution in [0.25, 0.3) is 0 Å². The highest BCUT2D eigenvalue weighted by atomic mass is 16.5. The van der Waals surface area contributed by atoms with Gasteiger partial charge in [0, 0.05) is 26.8 Å². The van der Waals surface area contributed by atoms with E-state index >= 15 is 0 Å². The summed E-state index contributed by atoms with van der Waals surface area (Å²) in [5.41, 5.74) is 0.643. The topological polar surface area (TPSA) is 80.3 Å². The zero-order chi connectivity index (χ0) is 17.1. The van der Waals surface area contributed by atoms with Crippen molar-refractivity contribution in [3.8, 4) is 0 Å². The molecular weight excluding hydrogens is 308 g/mol. The molecule has 0 spiro atoms. The van der Waals surface area contributed by atoms with Crippen LogP contribution < -0.4 is 0 Å². The molecule has 1 aliphatic heterocycles. The molecule has 8 nitrogen and oxygen atoms in total. The first-order chi connectivity index (χ1) is 11.5. The first-order valence-electron chi connectivity index (χ1n) is 8.27. The molecule has 0 aromatic carbocycles. The molecule has 1 saturated heterocycles. The Bertz CT molecular complexity index is 686. The molecule has 0 bridgehead atoms. The summed E-state index contributed by atoms with van der Waals surface area (Å²) in [5.74, 6) is 1.91. The highest BCUT2D eigenvalue weighted by Gasteiger charge is 2.24. The second kappa shape index (κ2) is 7.12. The Morgan fingerprint density at radius 2 is 2.17 bits per heavy atom. The maximum atomic E-state index is 12.4. The monoisotopic (exact) mass is 332 g/mol. The van der Waals surface area contributed by atoms with Gasteiger partial charge in [-0.25, -0.2) is 0 Å². The fourth-order valence-electron chi connectivity index (χ4n) is 3.14. The van der Waals surface area contributed by atoms with E-state index in [2.05, 4.69) is 20.1 Å². The van der Waals surface area contributed by atoms with Crippen LogP contribution >= 0.6 is 0 Å². The SMILES string of the molecule is Cc1noc(CN2CCC(CN(C)C(=O)c3cnn(C)c3)CC2)n1. The third-order valence-corrected chi connectivity index (χ3v) is 4.47. The van der Waals surface area contributed by atoms with Crippen molar-refractivity contribution in [3.63, 3.8) is 0 Å². The Labute approximate surface area is 141 Å². The average Bonchev–Trinajstić information content (AvgIpc) is 3.17. The van der Waals surface area contributed by atoms with Crippen LogP contribution in [0.15, 0.2) is 16.9 Å². The van der Waals surface area contributed by atoms with E-state index in [9.17, 15) is 4.79 Å². The summed E-state index contributed by atoms with van der Waals surface area (Å²) in [6.45, 7) is 5.29. The van der Waals surface area contributed by atoms with Gasteiger partial charge in [-0.2, -0.15) is 10.1 Å². The molecule has 1 aliphatic rings. The smallest absolute Gasteiger partial charge is 0.256 e. The van der Waals surface area contributed by atoms with Crippen molar-refractivity contribution < 1.29 is 9.32 Å². The van der Waals surface area contributed by atoms with Gasteiger partial charge in [0.1, 0.15) is 0 Å². The van der Waals surface area contributed by atoms with Crippen molar-refractivity contribution in [2.45, 2.75) is 26.3 Å². The normalized spacial score (nSPS) is 16.5. The molecule has 130 valence electrons. The number of rotatable bonds is 5. The van der Waals surface area contributed by atoms with Gasteiger partial charge < -0.3 is 9.42 Å². The lowest BCUT2D eigenvalue weighted by Gasteiger charge is -2.33. The molecule has 0 radical (unpaired) electrons. The molecule has 0 N–H and O–H groups in total. The fraction of sp³-hybridized carbons (Fsp3) is 0.625. The van der Waals surface area contributed by atoms with Crippen molar-refractivity contribution >= 4 is 5.91 Å². The van der Waals surface area contributed by atoms with Gasteiger partial charge in [0.15, 0.2) is 5.82 Å². The van der Waals surface area contributed by atoms with Crippen LogP contribution in [0.5, 0.6) is 0 Å². The van der Waals surface area contributed by atoms with Gasteiger partial charge in [0.2, 0.25) is 5.89 Å². The van der Waals surface area contributed by atoms with Crippen molar-refractivity contribution in [2.24, 2.45) is 13.0 Å². The minimum atomic E-state index is 0.0341. The largest absolute Gasteiger partial charge is 0.341 e. The van der Waals surface area contributed by atoms with Crippen LogP contribution in [0.1, 0.15) is 34.9 Å². The van der Waals surface area contributed by atoms with Crippen LogP contribution in [0.3, 0.4) is 0 Å². The number of carbonyl (C=O) groups is 1. The van der Waals surface area contributed by atoms with E-state index in [1.165, 1.54) is 0 Å². The maximum absolute atomic E-state index is 12.4. The first kappa shape index (κ1) is 16.6. The van der Waals surface area contributed by atoms with E-state index in [-0.39, 0.29) is 5.91 Å². The minimum Gasteiger partial charge on any atom is -0.341 e. The average molecular weight is 332 g/mol. The van der Waals surface area contributed by atoms with E-state index in [1.54, 1.807) is 22.0 Å². The summed E-state index contributed by atoms with van der Waals surface area (Å²) in [6, 6.07) is 0. The quantitative estimate of drug-likeness (QED) is 0.815. The highest BCUT2D eigenvalue weighted by Crippen LogP contribution is 2.20. The van der Waals surface area contributed by atoms with Crippen molar-refractivity contribution in [1.82, 2.24) is 29.7 Å². The van der Waals surface area contributed by atoms with Crippen LogP contribution in [0.4, 0.5) is 0 Å². The molecular formula is C16H24N6O2. The number of nitrogens with zero attached hydrogens (tertiary/aromatic N) is 6. The molecule has 0 aliphatic carbocycles. The van der Waals surface area contributed by atoms with Crippen LogP contribution in [0.2, 0.25) is 0 Å². The molecule has 3 heterocycles. The molecule has 0 saturated carbocycles. The third-order valence-electron chi connectivity index (χ3n) is 4.47. The molecule has 2 aromatic rings. The zero-order valence-corrected chi connectivity index (χ0v) is 14.5. The number of piperidine rings is 1. The molecule has 3 rings (SSSR count). The van der Waals surface area contributed by atoms with Crippen molar-refractivity contribution in [2.75, 3.05) is 26.7 Å². The molecule has 1 amide bonds. The lowest BCUT2D eigenvalue weighted by Crippen LogP contribution is -2.39. The molecule has 8 heteroatoms. The molecule has 1 fully saturated rings. The second-order valence-electron chi connectivity index (χ2n) is 6.54. The Balaban J connectivity index is 1.45. The number of carbonyl (C=O) groups excluding carboxylic acids is 1. The first-order valence-corrected chi connectivity index (χ1v) is 8.27. The predicted octanol–water partition coefficient (Wildman–Crippen LogP) is 1.10. The van der Waals surface area contributed by atoms with Crippen LogP contribution in [0, 0.1) is 12.8 Å². The molecule has 0 atom stereocenters. The number of hydrogen-bond acceptors (Lipinski definition) is 6. The maximum Gasteiger partial charge on any atom is 0.256 e. The van der Waals surface area contributed by atoms with E-state index in [1.807, 2.05) is 21.0 Å². The van der Waals surface area contributed by atoms with E-state index in [4.69, 9.17) is 4.52 Å². The van der Waals surface area contributed by atoms with Gasteiger partial charge in [-0.1, -0.05) is 5.16 Å². The fourth-order valence-corrected chi connectivity index (χ4v) is 3.14. The number of aryl methyl sites for hydroxylation is 2. The number of amides is 1. The minimum absolute atomic E-state index is 0.0341. The van der Waals surface area contributed by atoms with E-state index in [0.717, 1.165) is 32.5 Å². The standard InChI is InChI=1S/C16H24N6O2/c1-12-18-15(24-19-12)11-22-6-4-13(5-7-22)9-20(2)16(23)14-8-17-21(3)10-14/h8,10,13H,4-7,9,11H2,1-3H3. The van der Waals surface area contributed by atoms with Gasteiger partial charge >= 0.3 is 0 Å². The summed E-state index contributed by atoms with van der Waals surface area (Å²) in [5, 5.41) is 7.88. The van der Waals surface area contributed by atoms with E-state index < -0.39 is 0 Å². The summed E-state index contributed by atoms with van der Waals surface area (Å²) in [4.78, 5) is 20.8. The molecule has 2 aromatic heterocycles. The second-order valence-corrected chi connectivity index (χ2v) is 6.54. The number of aromatic nitrogens is 4. The summed E-state index contributed by atoms with van der Waals surface area (Å²) in [7, 11) is 3.68. The van der Waals surface area contributed by atoms with Crippen LogP contribution in [-0.4, -0.2) is 62.3 Å².